The summed E-state index contributed by atoms with van der Waals surface area (Å²) in [5, 5.41) is 8.92. The van der Waals surface area contributed by atoms with Crippen molar-refractivity contribution in [3.05, 3.63) is 11.4 Å². The van der Waals surface area contributed by atoms with E-state index in [0.717, 1.165) is 13.0 Å². The molecule has 3 heterocycles. The van der Waals surface area contributed by atoms with Gasteiger partial charge < -0.3 is 0 Å². The Hall–Kier alpha value is -0.900. The third kappa shape index (κ3) is 2.31. The fourth-order valence-electron chi connectivity index (χ4n) is 3.77. The molecule has 1 fully saturated rings. The van der Waals surface area contributed by atoms with Crippen LogP contribution in [0.5, 0.6) is 0 Å². The topological polar surface area (TPSA) is 34.0 Å². The molecule has 2 aliphatic rings. The highest BCUT2D eigenvalue weighted by Gasteiger charge is 2.39. The summed E-state index contributed by atoms with van der Waals surface area (Å²) in [5.74, 6) is 0. The lowest BCUT2D eigenvalue weighted by atomic mass is 9.98. The van der Waals surface area contributed by atoms with Crippen LogP contribution in [0.4, 0.5) is 0 Å². The first kappa shape index (κ1) is 13.1. The first-order valence-electron chi connectivity index (χ1n) is 8.03. The van der Waals surface area contributed by atoms with Crippen LogP contribution in [-0.2, 0) is 13.0 Å². The summed E-state index contributed by atoms with van der Waals surface area (Å²) in [5.41, 5.74) is 2.71. The minimum absolute atomic E-state index is 0.577. The van der Waals surface area contributed by atoms with Crippen molar-refractivity contribution in [1.82, 2.24) is 19.9 Å². The minimum Gasteiger partial charge on any atom is -0.290 e. The van der Waals surface area contributed by atoms with Crippen molar-refractivity contribution in [2.24, 2.45) is 0 Å². The number of aryl methyl sites for hydroxylation is 1. The summed E-state index contributed by atoms with van der Waals surface area (Å²) in [6.45, 7) is 6.87. The highest BCUT2D eigenvalue weighted by atomic mass is 15.5. The van der Waals surface area contributed by atoms with Crippen LogP contribution in [0, 0.1) is 0 Å². The van der Waals surface area contributed by atoms with Crippen LogP contribution in [0.2, 0.25) is 0 Å². The average Bonchev–Trinajstić information content (AvgIpc) is 3.03. The van der Waals surface area contributed by atoms with Gasteiger partial charge in [-0.05, 0) is 38.6 Å². The van der Waals surface area contributed by atoms with Gasteiger partial charge in [-0.15, -0.1) is 5.10 Å². The maximum absolute atomic E-state index is 4.48. The number of unbranched alkanes of at least 4 members (excludes halogenated alkanes) is 1. The lowest BCUT2D eigenvalue weighted by Gasteiger charge is -2.38. The molecule has 4 heteroatoms. The Morgan fingerprint density at radius 3 is 2.95 bits per heavy atom. The van der Waals surface area contributed by atoms with Crippen LogP contribution >= 0.6 is 0 Å². The molecule has 1 saturated heterocycles. The second-order valence-corrected chi connectivity index (χ2v) is 6.05. The van der Waals surface area contributed by atoms with Gasteiger partial charge in [-0.25, -0.2) is 4.68 Å². The maximum atomic E-state index is 4.48. The lowest BCUT2D eigenvalue weighted by molar-refractivity contribution is 0.115. The van der Waals surface area contributed by atoms with Gasteiger partial charge in [0.25, 0.3) is 0 Å². The first-order chi connectivity index (χ1) is 9.35. The molecule has 2 atom stereocenters. The van der Waals surface area contributed by atoms with Gasteiger partial charge in [0.1, 0.15) is 0 Å². The summed E-state index contributed by atoms with van der Waals surface area (Å²) < 4.78 is 2.22. The van der Waals surface area contributed by atoms with Crippen molar-refractivity contribution in [1.29, 1.82) is 0 Å². The Morgan fingerprint density at radius 2 is 2.16 bits per heavy atom. The molecule has 0 unspecified atom stereocenters. The number of fused-ring (bicyclic) bond motifs is 2. The molecule has 0 radical (unpaired) electrons. The van der Waals surface area contributed by atoms with E-state index < -0.39 is 0 Å². The number of aromatic nitrogens is 3. The van der Waals surface area contributed by atoms with E-state index in [1.807, 2.05) is 0 Å². The SMILES string of the molecule is CCCCc1nnn2c1[C@H](CCC)N1CCC[C@H]1C2. The highest BCUT2D eigenvalue weighted by molar-refractivity contribution is 5.19. The summed E-state index contributed by atoms with van der Waals surface area (Å²) in [7, 11) is 0. The molecule has 1 aromatic heterocycles. The van der Waals surface area contributed by atoms with E-state index >= 15 is 0 Å². The number of rotatable bonds is 5. The van der Waals surface area contributed by atoms with Gasteiger partial charge >= 0.3 is 0 Å². The molecule has 0 saturated carbocycles. The molecular weight excluding hydrogens is 236 g/mol. The zero-order valence-electron chi connectivity index (χ0n) is 12.3. The van der Waals surface area contributed by atoms with E-state index in [0.29, 0.717) is 12.1 Å². The standard InChI is InChI=1S/C15H26N4/c1-3-5-9-13-15-14(7-4-2)18-10-6-8-12(18)11-19(15)17-16-13/h12,14H,3-11H2,1-2H3/t12-,14-/m0/s1. The van der Waals surface area contributed by atoms with Crippen LogP contribution in [0.1, 0.15) is 69.8 Å². The van der Waals surface area contributed by atoms with Crippen LogP contribution in [0.25, 0.3) is 0 Å². The molecule has 3 rings (SSSR count). The molecule has 0 N–H and O–H groups in total. The fourth-order valence-corrected chi connectivity index (χ4v) is 3.77. The Morgan fingerprint density at radius 1 is 1.26 bits per heavy atom. The van der Waals surface area contributed by atoms with Gasteiger partial charge in [-0.2, -0.15) is 0 Å². The van der Waals surface area contributed by atoms with Crippen molar-refractivity contribution in [3.8, 4) is 0 Å². The zero-order chi connectivity index (χ0) is 13.2. The molecule has 4 nitrogen and oxygen atoms in total. The smallest absolute Gasteiger partial charge is 0.0875 e. The normalized spacial score (nSPS) is 26.4. The third-order valence-corrected chi connectivity index (χ3v) is 4.70. The second-order valence-electron chi connectivity index (χ2n) is 6.05. The van der Waals surface area contributed by atoms with Gasteiger partial charge in [0.15, 0.2) is 0 Å². The monoisotopic (exact) mass is 262 g/mol. The predicted molar refractivity (Wildman–Crippen MR) is 76.0 cm³/mol. The largest absolute Gasteiger partial charge is 0.290 e. The predicted octanol–water partition coefficient (Wildman–Crippen LogP) is 2.94. The quantitative estimate of drug-likeness (QED) is 0.818. The first-order valence-corrected chi connectivity index (χ1v) is 8.03. The minimum atomic E-state index is 0.577. The van der Waals surface area contributed by atoms with Crippen molar-refractivity contribution in [2.45, 2.75) is 77.4 Å². The van der Waals surface area contributed by atoms with Crippen molar-refractivity contribution in [2.75, 3.05) is 6.54 Å². The number of nitrogens with zero attached hydrogens (tertiary/aromatic N) is 4. The maximum Gasteiger partial charge on any atom is 0.0875 e. The van der Waals surface area contributed by atoms with Crippen molar-refractivity contribution < 1.29 is 0 Å². The highest BCUT2D eigenvalue weighted by Crippen LogP contribution is 2.38. The number of hydrogen-bond donors (Lipinski definition) is 0. The molecular formula is C15H26N4. The molecule has 0 aliphatic carbocycles. The van der Waals surface area contributed by atoms with Crippen molar-refractivity contribution >= 4 is 0 Å². The summed E-state index contributed by atoms with van der Waals surface area (Å²) in [4.78, 5) is 2.73. The molecule has 0 aromatic carbocycles. The van der Waals surface area contributed by atoms with E-state index in [9.17, 15) is 0 Å². The van der Waals surface area contributed by atoms with E-state index in [1.54, 1.807) is 0 Å². The van der Waals surface area contributed by atoms with Gasteiger partial charge in [0, 0.05) is 6.04 Å². The Kier molecular flexibility index (Phi) is 3.87. The third-order valence-electron chi connectivity index (χ3n) is 4.70. The summed E-state index contributed by atoms with van der Waals surface area (Å²) >= 11 is 0. The molecule has 0 amide bonds. The zero-order valence-corrected chi connectivity index (χ0v) is 12.3. The van der Waals surface area contributed by atoms with Crippen LogP contribution < -0.4 is 0 Å². The summed E-state index contributed by atoms with van der Waals surface area (Å²) in [6.07, 6.45) is 8.75. The Bertz CT molecular complexity index is 426. The second kappa shape index (κ2) is 5.61. The van der Waals surface area contributed by atoms with Crippen molar-refractivity contribution in [3.63, 3.8) is 0 Å². The van der Waals surface area contributed by atoms with Crippen LogP contribution in [-0.4, -0.2) is 32.5 Å². The van der Waals surface area contributed by atoms with E-state index in [2.05, 4.69) is 33.7 Å². The molecule has 2 aliphatic heterocycles. The Labute approximate surface area is 116 Å². The molecule has 0 spiro atoms. The molecule has 19 heavy (non-hydrogen) atoms. The van der Waals surface area contributed by atoms with E-state index in [-0.39, 0.29) is 0 Å². The molecule has 0 bridgehead atoms. The fraction of sp³-hybridized carbons (Fsp3) is 0.867. The Balaban J connectivity index is 1.90. The van der Waals surface area contributed by atoms with Gasteiger partial charge in [-0.3, -0.25) is 4.90 Å². The van der Waals surface area contributed by atoms with E-state index in [4.69, 9.17) is 0 Å². The lowest BCUT2D eigenvalue weighted by Crippen LogP contribution is -2.42. The molecule has 106 valence electrons. The average molecular weight is 262 g/mol. The summed E-state index contributed by atoms with van der Waals surface area (Å²) in [6, 6.07) is 1.29. The van der Waals surface area contributed by atoms with Gasteiger partial charge in [-0.1, -0.05) is 31.9 Å². The molecule has 1 aromatic rings. The van der Waals surface area contributed by atoms with Crippen LogP contribution in [0.15, 0.2) is 0 Å². The van der Waals surface area contributed by atoms with Crippen LogP contribution in [0.3, 0.4) is 0 Å². The van der Waals surface area contributed by atoms with Gasteiger partial charge in [0.2, 0.25) is 0 Å². The van der Waals surface area contributed by atoms with E-state index in [1.165, 1.54) is 56.5 Å². The van der Waals surface area contributed by atoms with Gasteiger partial charge in [0.05, 0.1) is 24.0 Å². The number of hydrogen-bond acceptors (Lipinski definition) is 3.